The van der Waals surface area contributed by atoms with Crippen LogP contribution in [0.4, 0.5) is 0 Å². The van der Waals surface area contributed by atoms with Crippen molar-refractivity contribution >= 4 is 0 Å². The molecule has 0 aliphatic carbocycles. The first-order chi connectivity index (χ1) is 5.25. The molecule has 0 aromatic rings. The van der Waals surface area contributed by atoms with Crippen molar-refractivity contribution in [1.29, 1.82) is 0 Å². The third-order valence-electron chi connectivity index (χ3n) is 3.68. The van der Waals surface area contributed by atoms with E-state index in [4.69, 9.17) is 5.73 Å². The summed E-state index contributed by atoms with van der Waals surface area (Å²) in [7, 11) is 0. The van der Waals surface area contributed by atoms with E-state index in [-0.39, 0.29) is 11.0 Å². The van der Waals surface area contributed by atoms with Crippen molar-refractivity contribution in [2.75, 3.05) is 0 Å². The molecule has 1 heteroatoms. The average Bonchev–Trinajstić information content (AvgIpc) is 1.86. The Kier molecular flexibility index (Phi) is 3.77. The lowest BCUT2D eigenvalue weighted by molar-refractivity contribution is 0.107. The Morgan fingerprint density at radius 2 is 1.58 bits per heavy atom. The molecule has 0 saturated carbocycles. The lowest BCUT2D eigenvalue weighted by Crippen LogP contribution is -2.52. The van der Waals surface area contributed by atoms with Crippen molar-refractivity contribution in [3.05, 3.63) is 0 Å². The Balaban J connectivity index is 4.50. The zero-order chi connectivity index (χ0) is 9.99. The van der Waals surface area contributed by atoms with Gasteiger partial charge in [-0.15, -0.1) is 0 Å². The van der Waals surface area contributed by atoms with Crippen LogP contribution in [0.15, 0.2) is 0 Å². The minimum absolute atomic E-state index is 0.0318. The quantitative estimate of drug-likeness (QED) is 0.690. The molecule has 1 nitrogen and oxygen atoms in total. The highest BCUT2D eigenvalue weighted by atomic mass is 14.8. The van der Waals surface area contributed by atoms with Gasteiger partial charge in [0, 0.05) is 5.54 Å². The molecule has 2 N–H and O–H groups in total. The third kappa shape index (κ3) is 2.22. The molecule has 1 atom stereocenters. The Morgan fingerprint density at radius 1 is 1.17 bits per heavy atom. The molecular formula is C11H25N. The fourth-order valence-electron chi connectivity index (χ4n) is 1.50. The van der Waals surface area contributed by atoms with Crippen molar-refractivity contribution in [1.82, 2.24) is 0 Å². The molecular weight excluding hydrogens is 146 g/mol. The molecule has 0 rings (SSSR count). The highest BCUT2D eigenvalue weighted by Crippen LogP contribution is 2.38. The van der Waals surface area contributed by atoms with E-state index in [9.17, 15) is 0 Å². The van der Waals surface area contributed by atoms with E-state index in [1.54, 1.807) is 0 Å². The van der Waals surface area contributed by atoms with Gasteiger partial charge in [0.2, 0.25) is 0 Å². The van der Waals surface area contributed by atoms with Gasteiger partial charge in [-0.05, 0) is 24.7 Å². The van der Waals surface area contributed by atoms with Crippen LogP contribution in [0.2, 0.25) is 0 Å². The van der Waals surface area contributed by atoms with Crippen LogP contribution < -0.4 is 5.73 Å². The molecule has 0 saturated heterocycles. The van der Waals surface area contributed by atoms with E-state index < -0.39 is 0 Å². The first kappa shape index (κ1) is 12.0. The maximum atomic E-state index is 6.31. The van der Waals surface area contributed by atoms with E-state index in [1.807, 2.05) is 0 Å². The standard InChI is InChI=1S/C11H25N/c1-7-8-11(6,12)10(4,5)9(2)3/h9H,7-8,12H2,1-6H3. The van der Waals surface area contributed by atoms with Crippen LogP contribution in [0.25, 0.3) is 0 Å². The predicted molar refractivity (Wildman–Crippen MR) is 56.1 cm³/mol. The van der Waals surface area contributed by atoms with Crippen LogP contribution >= 0.6 is 0 Å². The van der Waals surface area contributed by atoms with E-state index in [2.05, 4.69) is 41.5 Å². The molecule has 0 aromatic carbocycles. The fraction of sp³-hybridized carbons (Fsp3) is 1.00. The summed E-state index contributed by atoms with van der Waals surface area (Å²) in [6.45, 7) is 13.4. The van der Waals surface area contributed by atoms with Crippen molar-refractivity contribution in [2.24, 2.45) is 17.1 Å². The van der Waals surface area contributed by atoms with Crippen LogP contribution in [0, 0.1) is 11.3 Å². The number of hydrogen-bond donors (Lipinski definition) is 1. The lowest BCUT2D eigenvalue weighted by Gasteiger charge is -2.44. The Morgan fingerprint density at radius 3 is 1.83 bits per heavy atom. The maximum Gasteiger partial charge on any atom is 0.0179 e. The molecule has 0 aliphatic rings. The lowest BCUT2D eigenvalue weighted by atomic mass is 9.65. The van der Waals surface area contributed by atoms with E-state index in [0.717, 1.165) is 6.42 Å². The van der Waals surface area contributed by atoms with Crippen LogP contribution in [0.3, 0.4) is 0 Å². The minimum atomic E-state index is -0.0318. The first-order valence-electron chi connectivity index (χ1n) is 5.04. The van der Waals surface area contributed by atoms with E-state index in [0.29, 0.717) is 5.92 Å². The summed E-state index contributed by atoms with van der Waals surface area (Å²) in [6, 6.07) is 0. The number of nitrogens with two attached hydrogens (primary N) is 1. The highest BCUT2D eigenvalue weighted by molar-refractivity contribution is 4.95. The number of hydrogen-bond acceptors (Lipinski definition) is 1. The molecule has 0 radical (unpaired) electrons. The summed E-state index contributed by atoms with van der Waals surface area (Å²) in [5.74, 6) is 0.638. The van der Waals surface area contributed by atoms with Gasteiger partial charge in [0.15, 0.2) is 0 Å². The van der Waals surface area contributed by atoms with Crippen LogP contribution in [0.1, 0.15) is 54.4 Å². The van der Waals surface area contributed by atoms with Gasteiger partial charge in [0.25, 0.3) is 0 Å². The number of rotatable bonds is 4. The molecule has 0 amide bonds. The molecule has 12 heavy (non-hydrogen) atoms. The maximum absolute atomic E-state index is 6.31. The smallest absolute Gasteiger partial charge is 0.0179 e. The third-order valence-corrected chi connectivity index (χ3v) is 3.68. The van der Waals surface area contributed by atoms with Gasteiger partial charge in [0.1, 0.15) is 0 Å². The normalized spacial score (nSPS) is 18.0. The molecule has 1 unspecified atom stereocenters. The second kappa shape index (κ2) is 3.78. The summed E-state index contributed by atoms with van der Waals surface area (Å²) in [5.41, 5.74) is 6.50. The summed E-state index contributed by atoms with van der Waals surface area (Å²) >= 11 is 0. The summed E-state index contributed by atoms with van der Waals surface area (Å²) < 4.78 is 0. The second-order valence-electron chi connectivity index (χ2n) is 5.04. The van der Waals surface area contributed by atoms with Gasteiger partial charge in [-0.2, -0.15) is 0 Å². The zero-order valence-corrected chi connectivity index (χ0v) is 9.57. The summed E-state index contributed by atoms with van der Waals surface area (Å²) in [6.07, 6.45) is 2.28. The van der Waals surface area contributed by atoms with Gasteiger partial charge in [-0.3, -0.25) is 0 Å². The van der Waals surface area contributed by atoms with Gasteiger partial charge < -0.3 is 5.73 Å². The molecule has 0 aromatic heterocycles. The monoisotopic (exact) mass is 171 g/mol. The molecule has 0 aliphatic heterocycles. The Bertz CT molecular complexity index is 134. The zero-order valence-electron chi connectivity index (χ0n) is 9.57. The second-order valence-corrected chi connectivity index (χ2v) is 5.04. The summed E-state index contributed by atoms with van der Waals surface area (Å²) in [4.78, 5) is 0. The molecule has 0 spiro atoms. The van der Waals surface area contributed by atoms with Crippen molar-refractivity contribution < 1.29 is 0 Å². The van der Waals surface area contributed by atoms with Crippen LogP contribution in [-0.2, 0) is 0 Å². The average molecular weight is 171 g/mol. The largest absolute Gasteiger partial charge is 0.325 e. The van der Waals surface area contributed by atoms with Gasteiger partial charge in [0.05, 0.1) is 0 Å². The molecule has 74 valence electrons. The van der Waals surface area contributed by atoms with Crippen molar-refractivity contribution in [2.45, 2.75) is 59.9 Å². The topological polar surface area (TPSA) is 26.0 Å². The molecule has 0 bridgehead atoms. The Labute approximate surface area is 77.7 Å². The Hall–Kier alpha value is -0.0400. The highest BCUT2D eigenvalue weighted by Gasteiger charge is 2.38. The molecule has 0 heterocycles. The van der Waals surface area contributed by atoms with Crippen molar-refractivity contribution in [3.63, 3.8) is 0 Å². The SMILES string of the molecule is CCCC(C)(N)C(C)(C)C(C)C. The van der Waals surface area contributed by atoms with E-state index in [1.165, 1.54) is 6.42 Å². The van der Waals surface area contributed by atoms with Gasteiger partial charge in [-0.25, -0.2) is 0 Å². The van der Waals surface area contributed by atoms with Crippen LogP contribution in [0.5, 0.6) is 0 Å². The fourth-order valence-corrected chi connectivity index (χ4v) is 1.50. The minimum Gasteiger partial charge on any atom is -0.325 e. The van der Waals surface area contributed by atoms with Crippen LogP contribution in [-0.4, -0.2) is 5.54 Å². The predicted octanol–water partition coefficient (Wildman–Crippen LogP) is 3.19. The first-order valence-corrected chi connectivity index (χ1v) is 5.04. The van der Waals surface area contributed by atoms with Gasteiger partial charge >= 0.3 is 0 Å². The summed E-state index contributed by atoms with van der Waals surface area (Å²) in [5, 5.41) is 0. The molecule has 0 fully saturated rings. The van der Waals surface area contributed by atoms with Crippen molar-refractivity contribution in [3.8, 4) is 0 Å². The van der Waals surface area contributed by atoms with E-state index >= 15 is 0 Å². The van der Waals surface area contributed by atoms with Gasteiger partial charge in [-0.1, -0.05) is 41.0 Å².